The number of hydrogen-bond donors (Lipinski definition) is 2. The van der Waals surface area contributed by atoms with Crippen LogP contribution in [0, 0.1) is 5.41 Å². The topological polar surface area (TPSA) is 67.4 Å². The standard InChI is InChI=1S/C22H26N2O3/c1-15(2)17-6-8-18(9-7-17)24-21(26)22(12-13-22)20(25)23-14-16-4-10-19(27-3)11-5-16/h4-11,15H,12-14H2,1-3H3,(H,23,25)(H,24,26). The van der Waals surface area contributed by atoms with Crippen LogP contribution in [0.5, 0.6) is 5.75 Å². The fourth-order valence-corrected chi connectivity index (χ4v) is 2.98. The Labute approximate surface area is 160 Å². The number of hydrogen-bond acceptors (Lipinski definition) is 3. The molecule has 2 amide bonds. The number of carbonyl (C=O) groups is 2. The average Bonchev–Trinajstić information content (AvgIpc) is 3.49. The second-order valence-corrected chi connectivity index (χ2v) is 7.34. The smallest absolute Gasteiger partial charge is 0.240 e. The van der Waals surface area contributed by atoms with E-state index in [4.69, 9.17) is 4.74 Å². The van der Waals surface area contributed by atoms with Gasteiger partial charge in [0.1, 0.15) is 11.2 Å². The highest BCUT2D eigenvalue weighted by Gasteiger charge is 2.56. The summed E-state index contributed by atoms with van der Waals surface area (Å²) in [7, 11) is 1.61. The molecule has 0 spiro atoms. The van der Waals surface area contributed by atoms with E-state index in [1.807, 2.05) is 48.5 Å². The first-order valence-corrected chi connectivity index (χ1v) is 9.27. The number of benzene rings is 2. The summed E-state index contributed by atoms with van der Waals surface area (Å²) in [6.45, 7) is 4.64. The molecule has 5 nitrogen and oxygen atoms in total. The molecule has 1 saturated carbocycles. The van der Waals surface area contributed by atoms with Crippen LogP contribution in [-0.4, -0.2) is 18.9 Å². The van der Waals surface area contributed by atoms with Gasteiger partial charge >= 0.3 is 0 Å². The van der Waals surface area contributed by atoms with Crippen molar-refractivity contribution in [2.24, 2.45) is 5.41 Å². The molecular formula is C22H26N2O3. The predicted octanol–water partition coefficient (Wildman–Crippen LogP) is 3.85. The zero-order chi connectivity index (χ0) is 19.4. The van der Waals surface area contributed by atoms with E-state index in [2.05, 4.69) is 24.5 Å². The second-order valence-electron chi connectivity index (χ2n) is 7.34. The second kappa shape index (κ2) is 7.82. The molecule has 0 heterocycles. The van der Waals surface area contributed by atoms with Crippen molar-refractivity contribution >= 4 is 17.5 Å². The lowest BCUT2D eigenvalue weighted by Crippen LogP contribution is -2.39. The Morgan fingerprint density at radius 1 is 1.00 bits per heavy atom. The van der Waals surface area contributed by atoms with Crippen molar-refractivity contribution in [1.82, 2.24) is 5.32 Å². The lowest BCUT2D eigenvalue weighted by Gasteiger charge is -2.16. The van der Waals surface area contributed by atoms with Gasteiger partial charge in [0, 0.05) is 12.2 Å². The molecule has 27 heavy (non-hydrogen) atoms. The van der Waals surface area contributed by atoms with E-state index in [0.717, 1.165) is 17.0 Å². The van der Waals surface area contributed by atoms with Crippen LogP contribution in [0.4, 0.5) is 5.69 Å². The predicted molar refractivity (Wildman–Crippen MR) is 106 cm³/mol. The summed E-state index contributed by atoms with van der Waals surface area (Å²) in [5.41, 5.74) is 1.96. The molecule has 5 heteroatoms. The van der Waals surface area contributed by atoms with E-state index < -0.39 is 5.41 Å². The number of anilines is 1. The molecule has 1 aliphatic rings. The Bertz CT molecular complexity index is 806. The molecule has 2 N–H and O–H groups in total. The summed E-state index contributed by atoms with van der Waals surface area (Å²) in [6, 6.07) is 15.3. The van der Waals surface area contributed by atoms with Crippen LogP contribution < -0.4 is 15.4 Å². The van der Waals surface area contributed by atoms with Crippen molar-refractivity contribution in [3.63, 3.8) is 0 Å². The highest BCUT2D eigenvalue weighted by atomic mass is 16.5. The SMILES string of the molecule is COc1ccc(CNC(=O)C2(C(=O)Nc3ccc(C(C)C)cc3)CC2)cc1. The summed E-state index contributed by atoms with van der Waals surface area (Å²) in [5, 5.41) is 5.78. The Balaban J connectivity index is 1.57. The summed E-state index contributed by atoms with van der Waals surface area (Å²) in [5.74, 6) is 0.765. The van der Waals surface area contributed by atoms with Crippen molar-refractivity contribution in [2.75, 3.05) is 12.4 Å². The van der Waals surface area contributed by atoms with Gasteiger partial charge in [-0.15, -0.1) is 0 Å². The van der Waals surface area contributed by atoms with Gasteiger partial charge in [-0.05, 0) is 54.2 Å². The van der Waals surface area contributed by atoms with Gasteiger partial charge < -0.3 is 15.4 Å². The van der Waals surface area contributed by atoms with Gasteiger partial charge in [0.25, 0.3) is 0 Å². The van der Waals surface area contributed by atoms with Crippen LogP contribution in [-0.2, 0) is 16.1 Å². The first kappa shape index (κ1) is 19.0. The van der Waals surface area contributed by atoms with Crippen molar-refractivity contribution in [3.05, 3.63) is 59.7 Å². The molecular weight excluding hydrogens is 340 g/mol. The maximum atomic E-state index is 12.7. The zero-order valence-electron chi connectivity index (χ0n) is 16.0. The number of amides is 2. The summed E-state index contributed by atoms with van der Waals surface area (Å²) in [6.07, 6.45) is 1.16. The number of rotatable bonds is 7. The fourth-order valence-electron chi connectivity index (χ4n) is 2.98. The molecule has 0 saturated heterocycles. The first-order chi connectivity index (χ1) is 12.9. The molecule has 0 bridgehead atoms. The molecule has 2 aromatic rings. The van der Waals surface area contributed by atoms with Gasteiger partial charge in [-0.25, -0.2) is 0 Å². The Morgan fingerprint density at radius 2 is 1.63 bits per heavy atom. The van der Waals surface area contributed by atoms with Gasteiger partial charge in [0.15, 0.2) is 0 Å². The third-order valence-electron chi connectivity index (χ3n) is 5.07. The Morgan fingerprint density at radius 3 is 2.15 bits per heavy atom. The minimum Gasteiger partial charge on any atom is -0.497 e. The monoisotopic (exact) mass is 366 g/mol. The zero-order valence-corrected chi connectivity index (χ0v) is 16.0. The number of methoxy groups -OCH3 is 1. The largest absolute Gasteiger partial charge is 0.497 e. The summed E-state index contributed by atoms with van der Waals surface area (Å²) >= 11 is 0. The van der Waals surface area contributed by atoms with Gasteiger partial charge in [0.2, 0.25) is 11.8 Å². The summed E-state index contributed by atoms with van der Waals surface area (Å²) < 4.78 is 5.13. The number of carbonyl (C=O) groups excluding carboxylic acids is 2. The Hall–Kier alpha value is -2.82. The molecule has 0 aromatic heterocycles. The van der Waals surface area contributed by atoms with Gasteiger partial charge in [-0.2, -0.15) is 0 Å². The number of ether oxygens (including phenoxy) is 1. The quantitative estimate of drug-likeness (QED) is 0.732. The van der Waals surface area contributed by atoms with E-state index in [1.165, 1.54) is 5.56 Å². The Kier molecular flexibility index (Phi) is 5.49. The van der Waals surface area contributed by atoms with Crippen LogP contribution >= 0.6 is 0 Å². The van der Waals surface area contributed by atoms with Crippen molar-refractivity contribution in [3.8, 4) is 5.75 Å². The first-order valence-electron chi connectivity index (χ1n) is 9.27. The molecule has 1 aliphatic carbocycles. The van der Waals surface area contributed by atoms with Gasteiger partial charge in [0.05, 0.1) is 7.11 Å². The van der Waals surface area contributed by atoms with Crippen LogP contribution in [0.15, 0.2) is 48.5 Å². The molecule has 1 fully saturated rings. The molecule has 2 aromatic carbocycles. The van der Waals surface area contributed by atoms with E-state index in [0.29, 0.717) is 25.3 Å². The third kappa shape index (κ3) is 4.30. The van der Waals surface area contributed by atoms with Crippen molar-refractivity contribution < 1.29 is 14.3 Å². The molecule has 3 rings (SSSR count). The van der Waals surface area contributed by atoms with E-state index >= 15 is 0 Å². The summed E-state index contributed by atoms with van der Waals surface area (Å²) in [4.78, 5) is 25.3. The maximum Gasteiger partial charge on any atom is 0.240 e. The van der Waals surface area contributed by atoms with Crippen LogP contribution in [0.25, 0.3) is 0 Å². The normalized spacial score (nSPS) is 14.5. The molecule has 142 valence electrons. The van der Waals surface area contributed by atoms with Crippen LogP contribution in [0.2, 0.25) is 0 Å². The number of nitrogens with one attached hydrogen (secondary N) is 2. The minimum absolute atomic E-state index is 0.213. The van der Waals surface area contributed by atoms with Crippen LogP contribution in [0.3, 0.4) is 0 Å². The lowest BCUT2D eigenvalue weighted by molar-refractivity contribution is -0.134. The lowest BCUT2D eigenvalue weighted by atomic mass is 10.0. The highest BCUT2D eigenvalue weighted by Crippen LogP contribution is 2.47. The minimum atomic E-state index is -0.941. The maximum absolute atomic E-state index is 12.7. The molecule has 0 aliphatic heterocycles. The van der Waals surface area contributed by atoms with Crippen molar-refractivity contribution in [2.45, 2.75) is 39.2 Å². The highest BCUT2D eigenvalue weighted by molar-refractivity contribution is 6.13. The fraction of sp³-hybridized carbons (Fsp3) is 0.364. The van der Waals surface area contributed by atoms with Crippen molar-refractivity contribution in [1.29, 1.82) is 0 Å². The third-order valence-corrected chi connectivity index (χ3v) is 5.07. The van der Waals surface area contributed by atoms with Crippen LogP contribution in [0.1, 0.15) is 43.7 Å². The van der Waals surface area contributed by atoms with Gasteiger partial charge in [-0.3, -0.25) is 9.59 Å². The molecule has 0 radical (unpaired) electrons. The van der Waals surface area contributed by atoms with E-state index in [1.54, 1.807) is 7.11 Å². The molecule has 0 atom stereocenters. The average molecular weight is 366 g/mol. The van der Waals surface area contributed by atoms with Gasteiger partial charge in [-0.1, -0.05) is 38.1 Å². The molecule has 0 unspecified atom stereocenters. The van der Waals surface area contributed by atoms with E-state index in [-0.39, 0.29) is 11.8 Å². The van der Waals surface area contributed by atoms with E-state index in [9.17, 15) is 9.59 Å².